The molecule has 0 amide bonds. The van der Waals surface area contributed by atoms with Gasteiger partial charge in [-0.2, -0.15) is 0 Å². The lowest BCUT2D eigenvalue weighted by Gasteiger charge is -2.15. The third-order valence-corrected chi connectivity index (χ3v) is 2.60. The summed E-state index contributed by atoms with van der Waals surface area (Å²) in [6.07, 6.45) is 1.29. The van der Waals surface area contributed by atoms with Crippen LogP contribution in [-0.2, 0) is 5.92 Å². The number of hydrogen-bond donors (Lipinski definition) is 1. The average molecular weight is 200 g/mol. The summed E-state index contributed by atoms with van der Waals surface area (Å²) in [6, 6.07) is 6.24. The van der Waals surface area contributed by atoms with Gasteiger partial charge in [-0.25, -0.2) is 8.78 Å². The molecule has 0 atom stereocenters. The predicted octanol–water partition coefficient (Wildman–Crippen LogP) is 3.48. The average Bonchev–Trinajstić information content (AvgIpc) is 2.86. The third-order valence-electron chi connectivity index (χ3n) is 2.32. The first-order valence-electron chi connectivity index (χ1n) is 4.28. The van der Waals surface area contributed by atoms with Crippen LogP contribution in [0.2, 0.25) is 0 Å². The first-order valence-corrected chi connectivity index (χ1v) is 4.73. The van der Waals surface area contributed by atoms with Gasteiger partial charge < -0.3 is 0 Å². The Bertz CT molecular complexity index is 318. The van der Waals surface area contributed by atoms with Crippen LogP contribution in [0.5, 0.6) is 0 Å². The van der Waals surface area contributed by atoms with E-state index < -0.39 is 11.8 Å². The van der Waals surface area contributed by atoms with Crippen molar-refractivity contribution in [3.8, 4) is 0 Å². The van der Waals surface area contributed by atoms with Gasteiger partial charge in [0.2, 0.25) is 0 Å². The van der Waals surface area contributed by atoms with Gasteiger partial charge in [-0.3, -0.25) is 0 Å². The summed E-state index contributed by atoms with van der Waals surface area (Å²) in [4.78, 5) is 0.595. The zero-order valence-corrected chi connectivity index (χ0v) is 7.90. The van der Waals surface area contributed by atoms with Crippen molar-refractivity contribution in [3.05, 3.63) is 29.8 Å². The third kappa shape index (κ3) is 1.70. The molecule has 0 spiro atoms. The summed E-state index contributed by atoms with van der Waals surface area (Å²) < 4.78 is 27.0. The van der Waals surface area contributed by atoms with Crippen LogP contribution in [0.4, 0.5) is 8.78 Å². The van der Waals surface area contributed by atoms with E-state index in [1.54, 1.807) is 12.1 Å². The summed E-state index contributed by atoms with van der Waals surface area (Å²) in [5.41, 5.74) is 0.0995. The van der Waals surface area contributed by atoms with Gasteiger partial charge in [0.15, 0.2) is 0 Å². The Balaban J connectivity index is 2.33. The van der Waals surface area contributed by atoms with E-state index >= 15 is 0 Å². The van der Waals surface area contributed by atoms with Crippen LogP contribution >= 0.6 is 12.6 Å². The number of benzene rings is 1. The molecule has 0 radical (unpaired) electrons. The van der Waals surface area contributed by atoms with E-state index in [0.717, 1.165) is 0 Å². The topological polar surface area (TPSA) is 0 Å². The van der Waals surface area contributed by atoms with Gasteiger partial charge in [0.25, 0.3) is 5.92 Å². The fourth-order valence-electron chi connectivity index (χ4n) is 1.39. The molecule has 1 aliphatic carbocycles. The Morgan fingerprint density at radius 2 is 2.00 bits per heavy atom. The molecule has 1 saturated carbocycles. The van der Waals surface area contributed by atoms with Crippen LogP contribution < -0.4 is 0 Å². The molecule has 0 bridgehead atoms. The van der Waals surface area contributed by atoms with Gasteiger partial charge in [0.1, 0.15) is 0 Å². The fourth-order valence-corrected chi connectivity index (χ4v) is 1.62. The quantitative estimate of drug-likeness (QED) is 0.694. The van der Waals surface area contributed by atoms with Gasteiger partial charge >= 0.3 is 0 Å². The number of hydrogen-bond acceptors (Lipinski definition) is 1. The first-order chi connectivity index (χ1) is 6.10. The summed E-state index contributed by atoms with van der Waals surface area (Å²) in [5.74, 6) is -3.10. The Hall–Kier alpha value is -0.570. The van der Waals surface area contributed by atoms with Crippen LogP contribution in [0, 0.1) is 5.92 Å². The van der Waals surface area contributed by atoms with Crippen molar-refractivity contribution >= 4 is 12.6 Å². The van der Waals surface area contributed by atoms with Gasteiger partial charge in [-0.15, -0.1) is 12.6 Å². The summed E-state index contributed by atoms with van der Waals surface area (Å²) in [7, 11) is 0. The van der Waals surface area contributed by atoms with E-state index in [2.05, 4.69) is 12.6 Å². The second-order valence-electron chi connectivity index (χ2n) is 3.45. The maximum atomic E-state index is 13.5. The molecule has 0 N–H and O–H groups in total. The number of thiol groups is 1. The van der Waals surface area contributed by atoms with E-state index in [4.69, 9.17) is 0 Å². The fraction of sp³-hybridized carbons (Fsp3) is 0.400. The molecule has 70 valence electrons. The SMILES string of the molecule is FC(F)(c1cccc(S)c1)C1CC1. The van der Waals surface area contributed by atoms with Crippen LogP contribution in [0.15, 0.2) is 29.2 Å². The first kappa shape index (κ1) is 9.00. The van der Waals surface area contributed by atoms with Crippen LogP contribution in [0.3, 0.4) is 0 Å². The molecule has 0 nitrogen and oxygen atoms in total. The molecular formula is C10H10F2S. The van der Waals surface area contributed by atoms with Crippen molar-refractivity contribution < 1.29 is 8.78 Å². The molecule has 1 aliphatic rings. The molecule has 3 heteroatoms. The number of halogens is 2. The Kier molecular flexibility index (Phi) is 2.06. The van der Waals surface area contributed by atoms with Crippen molar-refractivity contribution in [1.29, 1.82) is 0 Å². The minimum Gasteiger partial charge on any atom is -0.201 e. The lowest BCUT2D eigenvalue weighted by Crippen LogP contribution is -2.15. The van der Waals surface area contributed by atoms with E-state index in [9.17, 15) is 8.78 Å². The monoisotopic (exact) mass is 200 g/mol. The molecule has 0 aliphatic heterocycles. The molecule has 0 unspecified atom stereocenters. The van der Waals surface area contributed by atoms with Crippen molar-refractivity contribution in [2.24, 2.45) is 5.92 Å². The van der Waals surface area contributed by atoms with E-state index in [1.807, 2.05) is 0 Å². The standard InChI is InChI=1S/C10H10F2S/c11-10(12,7-4-5-7)8-2-1-3-9(13)6-8/h1-3,6-7,13H,4-5H2. The largest absolute Gasteiger partial charge is 0.276 e. The molecule has 0 saturated heterocycles. The normalized spacial score (nSPS) is 17.5. The predicted molar refractivity (Wildman–Crippen MR) is 50.3 cm³/mol. The minimum atomic E-state index is -2.65. The highest BCUT2D eigenvalue weighted by molar-refractivity contribution is 7.80. The zero-order valence-electron chi connectivity index (χ0n) is 7.00. The summed E-state index contributed by atoms with van der Waals surface area (Å²) in [6.45, 7) is 0. The van der Waals surface area contributed by atoms with Gasteiger partial charge in [0, 0.05) is 16.4 Å². The molecule has 1 fully saturated rings. The molecular weight excluding hydrogens is 190 g/mol. The highest BCUT2D eigenvalue weighted by atomic mass is 32.1. The zero-order chi connectivity index (χ0) is 9.47. The molecule has 0 heterocycles. The Labute approximate surface area is 81.4 Å². The van der Waals surface area contributed by atoms with Crippen molar-refractivity contribution in [2.75, 3.05) is 0 Å². The van der Waals surface area contributed by atoms with Crippen LogP contribution in [0.25, 0.3) is 0 Å². The van der Waals surface area contributed by atoms with Crippen LogP contribution in [-0.4, -0.2) is 0 Å². The van der Waals surface area contributed by atoms with E-state index in [1.165, 1.54) is 12.1 Å². The highest BCUT2D eigenvalue weighted by Crippen LogP contribution is 2.49. The molecule has 2 rings (SSSR count). The Morgan fingerprint density at radius 1 is 1.31 bits per heavy atom. The summed E-state index contributed by atoms with van der Waals surface area (Å²) >= 11 is 4.04. The maximum Gasteiger partial charge on any atom is 0.276 e. The van der Waals surface area contributed by atoms with E-state index in [-0.39, 0.29) is 5.56 Å². The second-order valence-corrected chi connectivity index (χ2v) is 3.96. The second kappa shape index (κ2) is 2.98. The molecule has 0 aromatic heterocycles. The number of rotatable bonds is 2. The minimum absolute atomic E-state index is 0.0995. The summed E-state index contributed by atoms with van der Waals surface area (Å²) in [5, 5.41) is 0. The lowest BCUT2D eigenvalue weighted by molar-refractivity contribution is -0.0287. The Morgan fingerprint density at radius 3 is 2.54 bits per heavy atom. The lowest BCUT2D eigenvalue weighted by atomic mass is 10.0. The van der Waals surface area contributed by atoms with Gasteiger partial charge in [-0.05, 0) is 25.0 Å². The van der Waals surface area contributed by atoms with Gasteiger partial charge in [0.05, 0.1) is 0 Å². The van der Waals surface area contributed by atoms with E-state index in [0.29, 0.717) is 17.7 Å². The number of alkyl halides is 2. The van der Waals surface area contributed by atoms with Crippen molar-refractivity contribution in [2.45, 2.75) is 23.7 Å². The molecule has 13 heavy (non-hydrogen) atoms. The molecule has 1 aromatic rings. The molecule has 1 aromatic carbocycles. The highest BCUT2D eigenvalue weighted by Gasteiger charge is 2.47. The van der Waals surface area contributed by atoms with Gasteiger partial charge in [-0.1, -0.05) is 12.1 Å². The van der Waals surface area contributed by atoms with Crippen LogP contribution in [0.1, 0.15) is 18.4 Å². The van der Waals surface area contributed by atoms with Crippen molar-refractivity contribution in [3.63, 3.8) is 0 Å². The maximum absolute atomic E-state index is 13.5. The van der Waals surface area contributed by atoms with Crippen molar-refractivity contribution in [1.82, 2.24) is 0 Å². The smallest absolute Gasteiger partial charge is 0.201 e.